The molecule has 5 heteroatoms. The number of nitrogens with zero attached hydrogens (tertiary/aromatic N) is 2. The van der Waals surface area contributed by atoms with Gasteiger partial charge in [0.05, 0.1) is 24.3 Å². The van der Waals surface area contributed by atoms with E-state index < -0.39 is 6.10 Å². The van der Waals surface area contributed by atoms with E-state index in [0.29, 0.717) is 17.7 Å². The summed E-state index contributed by atoms with van der Waals surface area (Å²) in [6.07, 6.45) is -0.651. The van der Waals surface area contributed by atoms with Crippen LogP contribution in [0.1, 0.15) is 31.1 Å². The predicted octanol–water partition coefficient (Wildman–Crippen LogP) is 1.18. The molecule has 0 aliphatic rings. The van der Waals surface area contributed by atoms with E-state index in [-0.39, 0.29) is 12.5 Å². The first kappa shape index (κ1) is 15.0. The number of aliphatic hydroxyl groups excluding tert-OH is 1. The summed E-state index contributed by atoms with van der Waals surface area (Å²) >= 11 is 0. The lowest BCUT2D eigenvalue weighted by Crippen LogP contribution is -2.36. The van der Waals surface area contributed by atoms with Gasteiger partial charge in [-0.1, -0.05) is 6.07 Å². The summed E-state index contributed by atoms with van der Waals surface area (Å²) in [5.41, 5.74) is 1.94. The maximum Gasteiger partial charge on any atom is 0.239 e. The zero-order valence-corrected chi connectivity index (χ0v) is 11.5. The first-order valence-corrected chi connectivity index (χ1v) is 6.21. The number of benzene rings is 1. The van der Waals surface area contributed by atoms with Gasteiger partial charge in [0.2, 0.25) is 5.91 Å². The lowest BCUT2D eigenvalue weighted by Gasteiger charge is -2.26. The Labute approximate surface area is 113 Å². The molecule has 1 aromatic carbocycles. The Balaban J connectivity index is 3.19. The summed E-state index contributed by atoms with van der Waals surface area (Å²) in [4.78, 5) is 13.3. The summed E-state index contributed by atoms with van der Waals surface area (Å²) in [7, 11) is 1.58. The van der Waals surface area contributed by atoms with Crippen molar-refractivity contribution >= 4 is 11.6 Å². The standard InChI is InChI=1S/C14H19N3O2/c1-4-17(9-14(19)16-3)13-7-11(8-15)5-6-12(13)10(2)18/h5-7,10,18H,4,9H2,1-3H3,(H,16,19). The van der Waals surface area contributed by atoms with E-state index in [2.05, 4.69) is 11.4 Å². The molecule has 0 spiro atoms. The molecule has 1 rings (SSSR count). The molecule has 0 radical (unpaired) electrons. The maximum atomic E-state index is 11.5. The van der Waals surface area contributed by atoms with E-state index >= 15 is 0 Å². The molecular weight excluding hydrogens is 242 g/mol. The van der Waals surface area contributed by atoms with Gasteiger partial charge in [0, 0.05) is 24.8 Å². The van der Waals surface area contributed by atoms with Crippen LogP contribution in [0.2, 0.25) is 0 Å². The molecule has 1 aromatic rings. The van der Waals surface area contributed by atoms with Crippen LogP contribution in [0.5, 0.6) is 0 Å². The number of hydrogen-bond acceptors (Lipinski definition) is 4. The van der Waals surface area contributed by atoms with E-state index in [4.69, 9.17) is 5.26 Å². The van der Waals surface area contributed by atoms with E-state index in [1.54, 1.807) is 32.2 Å². The number of anilines is 1. The lowest BCUT2D eigenvalue weighted by molar-refractivity contribution is -0.119. The number of rotatable bonds is 5. The SMILES string of the molecule is CCN(CC(=O)NC)c1cc(C#N)ccc1C(C)O. The minimum atomic E-state index is -0.651. The third-order valence-electron chi connectivity index (χ3n) is 2.95. The lowest BCUT2D eigenvalue weighted by atomic mass is 10.0. The Kier molecular flexibility index (Phi) is 5.34. The van der Waals surface area contributed by atoms with Gasteiger partial charge in [-0.05, 0) is 26.0 Å². The van der Waals surface area contributed by atoms with Crippen LogP contribution in [0.4, 0.5) is 5.69 Å². The van der Waals surface area contributed by atoms with Gasteiger partial charge in [-0.3, -0.25) is 4.79 Å². The molecule has 19 heavy (non-hydrogen) atoms. The molecule has 1 unspecified atom stereocenters. The second kappa shape index (κ2) is 6.76. The number of carbonyl (C=O) groups is 1. The summed E-state index contributed by atoms with van der Waals surface area (Å²) in [6, 6.07) is 7.17. The number of amides is 1. The zero-order valence-electron chi connectivity index (χ0n) is 11.5. The number of nitrogens with one attached hydrogen (secondary N) is 1. The molecule has 0 saturated heterocycles. The summed E-state index contributed by atoms with van der Waals surface area (Å²) in [5, 5.41) is 21.3. The molecule has 2 N–H and O–H groups in total. The zero-order chi connectivity index (χ0) is 14.4. The molecule has 0 aliphatic heterocycles. The summed E-state index contributed by atoms with van der Waals surface area (Å²) in [6.45, 7) is 4.40. The number of aliphatic hydroxyl groups is 1. The van der Waals surface area contributed by atoms with Gasteiger partial charge in [0.1, 0.15) is 0 Å². The highest BCUT2D eigenvalue weighted by atomic mass is 16.3. The maximum absolute atomic E-state index is 11.5. The van der Waals surface area contributed by atoms with Gasteiger partial charge in [-0.25, -0.2) is 0 Å². The van der Waals surface area contributed by atoms with Crippen molar-refractivity contribution < 1.29 is 9.90 Å². The van der Waals surface area contributed by atoms with Crippen LogP contribution >= 0.6 is 0 Å². The minimum absolute atomic E-state index is 0.110. The highest BCUT2D eigenvalue weighted by molar-refractivity contribution is 5.81. The average Bonchev–Trinajstić information content (AvgIpc) is 2.43. The van der Waals surface area contributed by atoms with Gasteiger partial charge < -0.3 is 15.3 Å². The van der Waals surface area contributed by atoms with E-state index in [9.17, 15) is 9.90 Å². The van der Waals surface area contributed by atoms with Crippen molar-refractivity contribution in [2.45, 2.75) is 20.0 Å². The number of carbonyl (C=O) groups excluding carboxylic acids is 1. The van der Waals surface area contributed by atoms with Crippen molar-refractivity contribution in [2.75, 3.05) is 25.0 Å². The molecule has 0 bridgehead atoms. The van der Waals surface area contributed by atoms with Gasteiger partial charge in [0.25, 0.3) is 0 Å². The molecule has 102 valence electrons. The molecule has 0 saturated carbocycles. The van der Waals surface area contributed by atoms with Crippen LogP contribution in [0.25, 0.3) is 0 Å². The fraction of sp³-hybridized carbons (Fsp3) is 0.429. The Morgan fingerprint density at radius 1 is 1.58 bits per heavy atom. The van der Waals surface area contributed by atoms with E-state index in [1.165, 1.54) is 0 Å². The van der Waals surface area contributed by atoms with Crippen LogP contribution < -0.4 is 10.2 Å². The molecule has 0 aromatic heterocycles. The minimum Gasteiger partial charge on any atom is -0.389 e. The van der Waals surface area contributed by atoms with Gasteiger partial charge in [0.15, 0.2) is 0 Å². The first-order valence-electron chi connectivity index (χ1n) is 6.21. The van der Waals surface area contributed by atoms with Crippen LogP contribution in [0, 0.1) is 11.3 Å². The highest BCUT2D eigenvalue weighted by Crippen LogP contribution is 2.27. The first-order chi connectivity index (χ1) is 9.03. The van der Waals surface area contributed by atoms with Crippen LogP contribution in [0.15, 0.2) is 18.2 Å². The molecular formula is C14H19N3O2. The topological polar surface area (TPSA) is 76.4 Å². The fourth-order valence-corrected chi connectivity index (χ4v) is 1.86. The Morgan fingerprint density at radius 2 is 2.26 bits per heavy atom. The molecule has 1 atom stereocenters. The van der Waals surface area contributed by atoms with Crippen LogP contribution in [-0.4, -0.2) is 31.2 Å². The smallest absolute Gasteiger partial charge is 0.239 e. The molecule has 0 heterocycles. The molecule has 0 aliphatic carbocycles. The van der Waals surface area contributed by atoms with Gasteiger partial charge in [-0.2, -0.15) is 5.26 Å². The Hall–Kier alpha value is -2.06. The van der Waals surface area contributed by atoms with E-state index in [0.717, 1.165) is 5.69 Å². The van der Waals surface area contributed by atoms with Crippen molar-refractivity contribution in [3.05, 3.63) is 29.3 Å². The Morgan fingerprint density at radius 3 is 2.74 bits per heavy atom. The third-order valence-corrected chi connectivity index (χ3v) is 2.95. The van der Waals surface area contributed by atoms with E-state index in [1.807, 2.05) is 11.8 Å². The van der Waals surface area contributed by atoms with Gasteiger partial charge in [-0.15, -0.1) is 0 Å². The number of likely N-dealkylation sites (N-methyl/N-ethyl adjacent to an activating group) is 2. The Bertz CT molecular complexity index is 492. The monoisotopic (exact) mass is 261 g/mol. The van der Waals surface area contributed by atoms with Gasteiger partial charge >= 0.3 is 0 Å². The average molecular weight is 261 g/mol. The molecule has 5 nitrogen and oxygen atoms in total. The predicted molar refractivity (Wildman–Crippen MR) is 73.7 cm³/mol. The van der Waals surface area contributed by atoms with Crippen LogP contribution in [0.3, 0.4) is 0 Å². The van der Waals surface area contributed by atoms with Crippen molar-refractivity contribution in [2.24, 2.45) is 0 Å². The molecule has 0 fully saturated rings. The van der Waals surface area contributed by atoms with Crippen molar-refractivity contribution in [1.29, 1.82) is 5.26 Å². The quantitative estimate of drug-likeness (QED) is 0.834. The van der Waals surface area contributed by atoms with Crippen molar-refractivity contribution in [3.8, 4) is 6.07 Å². The van der Waals surface area contributed by atoms with Crippen molar-refractivity contribution in [1.82, 2.24) is 5.32 Å². The molecule has 1 amide bonds. The van der Waals surface area contributed by atoms with Crippen LogP contribution in [-0.2, 0) is 4.79 Å². The fourth-order valence-electron chi connectivity index (χ4n) is 1.86. The highest BCUT2D eigenvalue weighted by Gasteiger charge is 2.16. The summed E-state index contributed by atoms with van der Waals surface area (Å²) < 4.78 is 0. The second-order valence-corrected chi connectivity index (χ2v) is 4.25. The largest absolute Gasteiger partial charge is 0.389 e. The number of nitriles is 1. The second-order valence-electron chi connectivity index (χ2n) is 4.25. The summed E-state index contributed by atoms with van der Waals surface area (Å²) in [5.74, 6) is -0.110. The number of hydrogen-bond donors (Lipinski definition) is 2. The third kappa shape index (κ3) is 3.70. The van der Waals surface area contributed by atoms with Crippen molar-refractivity contribution in [3.63, 3.8) is 0 Å². The normalized spacial score (nSPS) is 11.5.